The fraction of sp³-hybridized carbons (Fsp3) is 0.0769. The maximum absolute atomic E-state index is 12.7. The van der Waals surface area contributed by atoms with Gasteiger partial charge >= 0.3 is 0 Å². The van der Waals surface area contributed by atoms with Crippen molar-refractivity contribution in [2.45, 2.75) is 6.61 Å². The average molecular weight is 460 g/mol. The van der Waals surface area contributed by atoms with E-state index < -0.39 is 0 Å². The number of carbonyl (C=O) groups is 1. The predicted molar refractivity (Wildman–Crippen MR) is 130 cm³/mol. The van der Waals surface area contributed by atoms with Crippen LogP contribution in [-0.2, 0) is 6.61 Å². The normalized spacial score (nSPS) is 10.8. The SMILES string of the molecule is COc1cc(C=NNC(=O)c2ccccc2-n2cccc2)ccc1OCc1ccccc1Cl. The van der Waals surface area contributed by atoms with Gasteiger partial charge in [0.05, 0.1) is 24.6 Å². The highest BCUT2D eigenvalue weighted by Crippen LogP contribution is 2.29. The Kier molecular flexibility index (Phi) is 7.07. The zero-order chi connectivity index (χ0) is 23.0. The van der Waals surface area contributed by atoms with Crippen LogP contribution < -0.4 is 14.9 Å². The summed E-state index contributed by atoms with van der Waals surface area (Å²) in [4.78, 5) is 12.7. The summed E-state index contributed by atoms with van der Waals surface area (Å²) in [6.45, 7) is 0.320. The number of benzene rings is 3. The molecule has 6 nitrogen and oxygen atoms in total. The number of carbonyl (C=O) groups excluding carboxylic acids is 1. The molecule has 1 aromatic heterocycles. The molecule has 1 heterocycles. The lowest BCUT2D eigenvalue weighted by atomic mass is 10.1. The monoisotopic (exact) mass is 459 g/mol. The molecule has 0 spiro atoms. The lowest BCUT2D eigenvalue weighted by molar-refractivity contribution is 0.0955. The van der Waals surface area contributed by atoms with Crippen LogP contribution in [0.1, 0.15) is 21.5 Å². The van der Waals surface area contributed by atoms with Gasteiger partial charge in [0.25, 0.3) is 5.91 Å². The molecular weight excluding hydrogens is 438 g/mol. The van der Waals surface area contributed by atoms with Crippen molar-refractivity contribution in [3.05, 3.63) is 113 Å². The number of rotatable bonds is 8. The lowest BCUT2D eigenvalue weighted by Crippen LogP contribution is -2.19. The third-order valence-corrected chi connectivity index (χ3v) is 5.31. The van der Waals surface area contributed by atoms with Crippen molar-refractivity contribution in [2.75, 3.05) is 7.11 Å². The highest BCUT2D eigenvalue weighted by molar-refractivity contribution is 6.31. The summed E-state index contributed by atoms with van der Waals surface area (Å²) in [6.07, 6.45) is 5.32. The van der Waals surface area contributed by atoms with Gasteiger partial charge < -0.3 is 14.0 Å². The molecule has 33 heavy (non-hydrogen) atoms. The molecule has 0 aliphatic carbocycles. The number of nitrogens with zero attached hydrogens (tertiary/aromatic N) is 2. The minimum absolute atomic E-state index is 0.304. The highest BCUT2D eigenvalue weighted by Gasteiger charge is 2.11. The topological polar surface area (TPSA) is 64.8 Å². The molecule has 0 saturated carbocycles. The van der Waals surface area contributed by atoms with Crippen LogP contribution in [0.25, 0.3) is 5.69 Å². The number of ether oxygens (including phenoxy) is 2. The van der Waals surface area contributed by atoms with Gasteiger partial charge in [0, 0.05) is 23.0 Å². The summed E-state index contributed by atoms with van der Waals surface area (Å²) >= 11 is 6.19. The molecule has 0 bridgehead atoms. The van der Waals surface area contributed by atoms with Crippen molar-refractivity contribution in [1.82, 2.24) is 9.99 Å². The number of halogens is 1. The van der Waals surface area contributed by atoms with Gasteiger partial charge in [-0.1, -0.05) is 41.9 Å². The van der Waals surface area contributed by atoms with Gasteiger partial charge in [-0.15, -0.1) is 0 Å². The quantitative estimate of drug-likeness (QED) is 0.280. The second-order valence-corrected chi connectivity index (χ2v) is 7.50. The van der Waals surface area contributed by atoms with Crippen LogP contribution in [-0.4, -0.2) is 23.8 Å². The lowest BCUT2D eigenvalue weighted by Gasteiger charge is -2.12. The summed E-state index contributed by atoms with van der Waals surface area (Å²) in [7, 11) is 1.57. The molecule has 1 N–H and O–H groups in total. The zero-order valence-corrected chi connectivity index (χ0v) is 18.7. The van der Waals surface area contributed by atoms with Crippen LogP contribution in [0, 0.1) is 0 Å². The Morgan fingerprint density at radius 3 is 2.55 bits per heavy atom. The number of nitrogens with one attached hydrogen (secondary N) is 1. The molecular formula is C26H22ClN3O3. The number of para-hydroxylation sites is 1. The van der Waals surface area contributed by atoms with E-state index in [1.54, 1.807) is 31.5 Å². The van der Waals surface area contributed by atoms with Crippen molar-refractivity contribution in [1.29, 1.82) is 0 Å². The van der Waals surface area contributed by atoms with Crippen molar-refractivity contribution in [3.63, 3.8) is 0 Å². The van der Waals surface area contributed by atoms with Gasteiger partial charge in [0.15, 0.2) is 11.5 Å². The maximum atomic E-state index is 12.7. The Bertz CT molecular complexity index is 1270. The summed E-state index contributed by atoms with van der Waals surface area (Å²) in [5.74, 6) is 0.830. The van der Waals surface area contributed by atoms with E-state index in [9.17, 15) is 4.79 Å². The van der Waals surface area contributed by atoms with E-state index in [0.717, 1.165) is 16.8 Å². The van der Waals surface area contributed by atoms with E-state index in [2.05, 4.69) is 10.5 Å². The van der Waals surface area contributed by atoms with Crippen LogP contribution >= 0.6 is 11.6 Å². The highest BCUT2D eigenvalue weighted by atomic mass is 35.5. The molecule has 166 valence electrons. The van der Waals surface area contributed by atoms with Gasteiger partial charge in [-0.2, -0.15) is 5.10 Å². The van der Waals surface area contributed by atoms with E-state index in [4.69, 9.17) is 21.1 Å². The largest absolute Gasteiger partial charge is 0.493 e. The standard InChI is InChI=1S/C26H22ClN3O3/c1-32-25-16-19(12-13-24(25)33-18-20-8-2-4-10-22(20)27)17-28-29-26(31)21-9-3-5-11-23(21)30-14-6-7-15-30/h2-17H,18H2,1H3,(H,29,31). The van der Waals surface area contributed by atoms with E-state index in [1.807, 2.05) is 77.6 Å². The van der Waals surface area contributed by atoms with E-state index in [0.29, 0.717) is 28.7 Å². The molecule has 1 amide bonds. The molecule has 0 fully saturated rings. The van der Waals surface area contributed by atoms with E-state index in [1.165, 1.54) is 0 Å². The maximum Gasteiger partial charge on any atom is 0.273 e. The first kappa shape index (κ1) is 22.2. The molecule has 4 aromatic rings. The Morgan fingerprint density at radius 1 is 1.00 bits per heavy atom. The average Bonchev–Trinajstić information content (AvgIpc) is 3.39. The summed E-state index contributed by atoms with van der Waals surface area (Å²) in [5, 5.41) is 4.75. The Morgan fingerprint density at radius 2 is 1.76 bits per heavy atom. The number of methoxy groups -OCH3 is 1. The molecule has 0 unspecified atom stereocenters. The first-order chi connectivity index (χ1) is 16.2. The first-order valence-electron chi connectivity index (χ1n) is 10.3. The minimum Gasteiger partial charge on any atom is -0.493 e. The smallest absolute Gasteiger partial charge is 0.273 e. The fourth-order valence-electron chi connectivity index (χ4n) is 3.27. The van der Waals surface area contributed by atoms with Crippen LogP contribution in [0.15, 0.2) is 96.4 Å². The van der Waals surface area contributed by atoms with Crippen LogP contribution in [0.5, 0.6) is 11.5 Å². The number of hydrogen-bond donors (Lipinski definition) is 1. The van der Waals surface area contributed by atoms with Crippen molar-refractivity contribution in [3.8, 4) is 17.2 Å². The molecule has 0 radical (unpaired) electrons. The first-order valence-corrected chi connectivity index (χ1v) is 10.6. The van der Waals surface area contributed by atoms with Gasteiger partial charge in [-0.05, 0) is 54.1 Å². The summed E-state index contributed by atoms with van der Waals surface area (Å²) < 4.78 is 13.2. The molecule has 0 aliphatic heterocycles. The number of aromatic nitrogens is 1. The summed E-state index contributed by atoms with van der Waals surface area (Å²) in [5.41, 5.74) is 5.51. The molecule has 0 atom stereocenters. The van der Waals surface area contributed by atoms with Crippen molar-refractivity contribution < 1.29 is 14.3 Å². The molecule has 4 rings (SSSR count). The number of hydrogen-bond acceptors (Lipinski definition) is 4. The number of amides is 1. The van der Waals surface area contributed by atoms with Crippen LogP contribution in [0.2, 0.25) is 5.02 Å². The van der Waals surface area contributed by atoms with E-state index in [-0.39, 0.29) is 5.91 Å². The second kappa shape index (κ2) is 10.5. The Hall–Kier alpha value is -4.03. The Labute approximate surface area is 197 Å². The fourth-order valence-corrected chi connectivity index (χ4v) is 3.46. The van der Waals surface area contributed by atoms with Crippen LogP contribution in [0.3, 0.4) is 0 Å². The third-order valence-electron chi connectivity index (χ3n) is 4.94. The third kappa shape index (κ3) is 5.42. The van der Waals surface area contributed by atoms with Crippen molar-refractivity contribution in [2.24, 2.45) is 5.10 Å². The van der Waals surface area contributed by atoms with Crippen molar-refractivity contribution >= 4 is 23.7 Å². The Balaban J connectivity index is 1.43. The molecule has 0 aliphatic rings. The zero-order valence-electron chi connectivity index (χ0n) is 17.9. The van der Waals surface area contributed by atoms with Gasteiger partial charge in [-0.3, -0.25) is 4.79 Å². The van der Waals surface area contributed by atoms with Gasteiger partial charge in [-0.25, -0.2) is 5.43 Å². The van der Waals surface area contributed by atoms with Gasteiger partial charge in [0.2, 0.25) is 0 Å². The summed E-state index contributed by atoms with van der Waals surface area (Å²) in [6, 6.07) is 24.1. The molecule has 3 aromatic carbocycles. The van der Waals surface area contributed by atoms with Gasteiger partial charge in [0.1, 0.15) is 6.61 Å². The van der Waals surface area contributed by atoms with E-state index >= 15 is 0 Å². The molecule has 0 saturated heterocycles. The number of hydrazone groups is 1. The van der Waals surface area contributed by atoms with Crippen LogP contribution in [0.4, 0.5) is 0 Å². The molecule has 7 heteroatoms. The minimum atomic E-state index is -0.304. The predicted octanol–water partition coefficient (Wildman–Crippen LogP) is 5.48. The second-order valence-electron chi connectivity index (χ2n) is 7.10.